The SMILES string of the molecule is COc1cc(-c2cn(C)c(=O)c3cnccc23)cc(OC)c1CN1CC(O)C1. The second-order valence-electron chi connectivity index (χ2n) is 7.09. The summed E-state index contributed by atoms with van der Waals surface area (Å²) in [5, 5.41) is 11.0. The lowest BCUT2D eigenvalue weighted by molar-refractivity contribution is -0.00358. The van der Waals surface area contributed by atoms with E-state index in [9.17, 15) is 9.90 Å². The van der Waals surface area contributed by atoms with E-state index in [0.717, 1.165) is 22.1 Å². The van der Waals surface area contributed by atoms with Crippen molar-refractivity contribution in [3.05, 3.63) is 52.7 Å². The van der Waals surface area contributed by atoms with E-state index < -0.39 is 0 Å². The highest BCUT2D eigenvalue weighted by molar-refractivity contribution is 5.95. The minimum absolute atomic E-state index is 0.0845. The molecule has 1 saturated heterocycles. The Morgan fingerprint density at radius 1 is 1.18 bits per heavy atom. The molecular weight excluding hydrogens is 358 g/mol. The van der Waals surface area contributed by atoms with Gasteiger partial charge >= 0.3 is 0 Å². The molecule has 0 aliphatic carbocycles. The molecule has 0 saturated carbocycles. The summed E-state index contributed by atoms with van der Waals surface area (Å²) in [7, 11) is 5.00. The molecule has 1 aromatic carbocycles. The number of β-amino-alcohol motifs (C(OH)–C–C–N with tert-alkyl or cyclic N) is 1. The second kappa shape index (κ2) is 7.26. The Balaban J connectivity index is 1.86. The van der Waals surface area contributed by atoms with Crippen LogP contribution in [0.15, 0.2) is 41.6 Å². The van der Waals surface area contributed by atoms with E-state index in [0.29, 0.717) is 36.5 Å². The van der Waals surface area contributed by atoms with Crippen LogP contribution in [0.5, 0.6) is 11.5 Å². The van der Waals surface area contributed by atoms with Crippen molar-refractivity contribution in [1.82, 2.24) is 14.5 Å². The fraction of sp³-hybridized carbons (Fsp3) is 0.333. The summed E-state index contributed by atoms with van der Waals surface area (Å²) in [6.45, 7) is 1.93. The van der Waals surface area contributed by atoms with Gasteiger partial charge in [0.1, 0.15) is 11.5 Å². The van der Waals surface area contributed by atoms with Gasteiger partial charge in [0, 0.05) is 50.8 Å². The highest BCUT2D eigenvalue weighted by Crippen LogP contribution is 2.38. The Morgan fingerprint density at radius 2 is 1.86 bits per heavy atom. The van der Waals surface area contributed by atoms with Gasteiger partial charge in [-0.3, -0.25) is 14.7 Å². The molecule has 3 heterocycles. The number of rotatable bonds is 5. The first-order valence-electron chi connectivity index (χ1n) is 9.11. The minimum Gasteiger partial charge on any atom is -0.496 e. The van der Waals surface area contributed by atoms with Crippen LogP contribution in [0.3, 0.4) is 0 Å². The number of aliphatic hydroxyl groups excluding tert-OH is 1. The smallest absolute Gasteiger partial charge is 0.259 e. The van der Waals surface area contributed by atoms with Crippen molar-refractivity contribution in [2.75, 3.05) is 27.3 Å². The summed E-state index contributed by atoms with van der Waals surface area (Å²) in [6, 6.07) is 5.78. The number of nitrogens with zero attached hydrogens (tertiary/aromatic N) is 3. The molecule has 2 aromatic heterocycles. The summed E-state index contributed by atoms with van der Waals surface area (Å²) in [4.78, 5) is 18.7. The van der Waals surface area contributed by atoms with Crippen LogP contribution in [0.25, 0.3) is 21.9 Å². The molecular formula is C21H23N3O4. The number of likely N-dealkylation sites (tertiary alicyclic amines) is 1. The zero-order valence-electron chi connectivity index (χ0n) is 16.2. The normalized spacial score (nSPS) is 14.9. The topological polar surface area (TPSA) is 76.8 Å². The maximum absolute atomic E-state index is 12.4. The fourth-order valence-corrected chi connectivity index (χ4v) is 3.73. The monoisotopic (exact) mass is 381 g/mol. The van der Waals surface area contributed by atoms with Crippen LogP contribution in [0, 0.1) is 0 Å². The Morgan fingerprint density at radius 3 is 2.46 bits per heavy atom. The van der Waals surface area contributed by atoms with Crippen LogP contribution in [0.1, 0.15) is 5.56 Å². The van der Waals surface area contributed by atoms with Gasteiger partial charge in [-0.2, -0.15) is 0 Å². The van der Waals surface area contributed by atoms with Crippen molar-refractivity contribution in [2.45, 2.75) is 12.6 Å². The number of pyridine rings is 2. The van der Waals surface area contributed by atoms with Gasteiger partial charge in [0.05, 0.1) is 31.3 Å². The zero-order valence-corrected chi connectivity index (χ0v) is 16.2. The molecule has 146 valence electrons. The van der Waals surface area contributed by atoms with E-state index in [4.69, 9.17) is 9.47 Å². The van der Waals surface area contributed by atoms with Crippen molar-refractivity contribution < 1.29 is 14.6 Å². The molecule has 0 unspecified atom stereocenters. The van der Waals surface area contributed by atoms with Crippen LogP contribution in [0.2, 0.25) is 0 Å². The average Bonchev–Trinajstić information content (AvgIpc) is 2.69. The lowest BCUT2D eigenvalue weighted by Crippen LogP contribution is -2.49. The van der Waals surface area contributed by atoms with Crippen molar-refractivity contribution >= 4 is 10.8 Å². The summed E-state index contributed by atoms with van der Waals surface area (Å²) in [5.41, 5.74) is 2.66. The van der Waals surface area contributed by atoms with Gasteiger partial charge in [0.2, 0.25) is 0 Å². The van der Waals surface area contributed by atoms with Crippen molar-refractivity contribution in [2.24, 2.45) is 7.05 Å². The Kier molecular flexibility index (Phi) is 4.78. The molecule has 0 bridgehead atoms. The van der Waals surface area contributed by atoms with Gasteiger partial charge in [-0.1, -0.05) is 0 Å². The lowest BCUT2D eigenvalue weighted by atomic mass is 9.98. The van der Waals surface area contributed by atoms with Crippen molar-refractivity contribution in [1.29, 1.82) is 0 Å². The van der Waals surface area contributed by atoms with Gasteiger partial charge < -0.3 is 19.1 Å². The molecule has 1 fully saturated rings. The highest BCUT2D eigenvalue weighted by Gasteiger charge is 2.27. The van der Waals surface area contributed by atoms with Gasteiger partial charge in [0.15, 0.2) is 0 Å². The van der Waals surface area contributed by atoms with Gasteiger partial charge in [-0.15, -0.1) is 0 Å². The molecule has 0 radical (unpaired) electrons. The number of aryl methyl sites for hydroxylation is 1. The third-order valence-corrected chi connectivity index (χ3v) is 5.22. The largest absolute Gasteiger partial charge is 0.496 e. The van der Waals surface area contributed by atoms with E-state index in [2.05, 4.69) is 9.88 Å². The lowest BCUT2D eigenvalue weighted by Gasteiger charge is -2.36. The quantitative estimate of drug-likeness (QED) is 0.726. The fourth-order valence-electron chi connectivity index (χ4n) is 3.73. The van der Waals surface area contributed by atoms with E-state index in [1.807, 2.05) is 24.4 Å². The molecule has 0 atom stereocenters. The number of aliphatic hydroxyl groups is 1. The zero-order chi connectivity index (χ0) is 19.8. The van der Waals surface area contributed by atoms with Crippen LogP contribution in [-0.2, 0) is 13.6 Å². The summed E-state index contributed by atoms with van der Waals surface area (Å²) in [5.74, 6) is 1.43. The summed E-state index contributed by atoms with van der Waals surface area (Å²) < 4.78 is 12.9. The van der Waals surface area contributed by atoms with Crippen LogP contribution in [-0.4, -0.2) is 53.0 Å². The van der Waals surface area contributed by atoms with Crippen LogP contribution >= 0.6 is 0 Å². The molecule has 3 aromatic rings. The predicted octanol–water partition coefficient (Wildman–Crippen LogP) is 1.79. The maximum Gasteiger partial charge on any atom is 0.259 e. The molecule has 4 rings (SSSR count). The van der Waals surface area contributed by atoms with Gasteiger partial charge in [0.25, 0.3) is 5.56 Å². The number of aromatic nitrogens is 2. The van der Waals surface area contributed by atoms with Crippen molar-refractivity contribution in [3.8, 4) is 22.6 Å². The molecule has 1 aliphatic heterocycles. The Bertz CT molecular complexity index is 1060. The highest BCUT2D eigenvalue weighted by atomic mass is 16.5. The van der Waals surface area contributed by atoms with E-state index in [1.54, 1.807) is 38.2 Å². The molecule has 0 spiro atoms. The number of hydrogen-bond acceptors (Lipinski definition) is 6. The Labute approximate surface area is 162 Å². The Hall–Kier alpha value is -2.90. The van der Waals surface area contributed by atoms with Crippen molar-refractivity contribution in [3.63, 3.8) is 0 Å². The first-order chi connectivity index (χ1) is 13.5. The molecule has 0 amide bonds. The molecule has 7 nitrogen and oxygen atoms in total. The third kappa shape index (κ3) is 3.12. The molecule has 7 heteroatoms. The number of benzene rings is 1. The van der Waals surface area contributed by atoms with Crippen LogP contribution in [0.4, 0.5) is 0 Å². The first kappa shape index (κ1) is 18.5. The first-order valence-corrected chi connectivity index (χ1v) is 9.11. The molecule has 1 N–H and O–H groups in total. The second-order valence-corrected chi connectivity index (χ2v) is 7.09. The number of hydrogen-bond donors (Lipinski definition) is 1. The van der Waals surface area contributed by atoms with E-state index >= 15 is 0 Å². The molecule has 1 aliphatic rings. The maximum atomic E-state index is 12.4. The van der Waals surface area contributed by atoms with Crippen LogP contribution < -0.4 is 15.0 Å². The van der Waals surface area contributed by atoms with E-state index in [1.165, 1.54) is 0 Å². The summed E-state index contributed by atoms with van der Waals surface area (Å²) in [6.07, 6.45) is 4.84. The van der Waals surface area contributed by atoms with E-state index in [-0.39, 0.29) is 11.7 Å². The molecule has 28 heavy (non-hydrogen) atoms. The predicted molar refractivity (Wildman–Crippen MR) is 107 cm³/mol. The number of methoxy groups -OCH3 is 2. The minimum atomic E-state index is -0.262. The summed E-state index contributed by atoms with van der Waals surface area (Å²) >= 11 is 0. The number of fused-ring (bicyclic) bond motifs is 1. The number of ether oxygens (including phenoxy) is 2. The van der Waals surface area contributed by atoms with Gasteiger partial charge in [-0.25, -0.2) is 0 Å². The van der Waals surface area contributed by atoms with Gasteiger partial charge in [-0.05, 0) is 29.1 Å². The third-order valence-electron chi connectivity index (χ3n) is 5.22. The average molecular weight is 381 g/mol. The standard InChI is InChI=1S/C21H23N3O4/c1-23-11-17(15-4-5-22-8-16(15)21(23)26)13-6-19(27-2)18(20(7-13)28-3)12-24-9-14(25)10-24/h4-8,11,14,25H,9-10,12H2,1-3H3.